The van der Waals surface area contributed by atoms with Gasteiger partial charge >= 0.3 is 0 Å². The highest BCUT2D eigenvalue weighted by atomic mass is 32.2. The Kier molecular flexibility index (Phi) is 4.40. The topological polar surface area (TPSA) is 46.0 Å². The molecule has 1 saturated carbocycles. The molecule has 2 rings (SSSR count). The Morgan fingerprint density at radius 2 is 2.18 bits per heavy atom. The molecule has 1 heterocycles. The van der Waals surface area contributed by atoms with Crippen molar-refractivity contribution in [2.75, 3.05) is 0 Å². The van der Waals surface area contributed by atoms with E-state index in [1.54, 1.807) is 13.1 Å². The van der Waals surface area contributed by atoms with Crippen LogP contribution < -0.4 is 0 Å². The maximum atomic E-state index is 9.51. The largest absolute Gasteiger partial charge is 0.389 e. The van der Waals surface area contributed by atoms with Crippen molar-refractivity contribution < 1.29 is 5.11 Å². The molecule has 0 radical (unpaired) electrons. The zero-order valence-corrected chi connectivity index (χ0v) is 11.3. The molecule has 1 N–H and O–H groups in total. The first-order valence-electron chi connectivity index (χ1n) is 6.29. The van der Waals surface area contributed by atoms with Gasteiger partial charge in [0.05, 0.1) is 11.9 Å². The fourth-order valence-corrected chi connectivity index (χ4v) is 3.44. The third kappa shape index (κ3) is 3.42. The first kappa shape index (κ1) is 12.8. The van der Waals surface area contributed by atoms with E-state index in [9.17, 15) is 5.11 Å². The highest BCUT2D eigenvalue weighted by molar-refractivity contribution is 7.99. The molecule has 1 aliphatic rings. The number of hydrogen-bond donors (Lipinski definition) is 1. The highest BCUT2D eigenvalue weighted by Crippen LogP contribution is 2.31. The summed E-state index contributed by atoms with van der Waals surface area (Å²) in [5.74, 6) is 1.79. The highest BCUT2D eigenvalue weighted by Gasteiger charge is 2.16. The van der Waals surface area contributed by atoms with Gasteiger partial charge in [0.15, 0.2) is 0 Å². The molecule has 0 aliphatic heterocycles. The van der Waals surface area contributed by atoms with Gasteiger partial charge in [0.2, 0.25) is 0 Å². The molecular formula is C13H20N2OS. The van der Waals surface area contributed by atoms with E-state index < -0.39 is 6.10 Å². The molecule has 0 bridgehead atoms. The van der Waals surface area contributed by atoms with Crippen LogP contribution in [0.4, 0.5) is 0 Å². The van der Waals surface area contributed by atoms with Crippen LogP contribution in [-0.2, 0) is 5.75 Å². The molecule has 4 heteroatoms. The molecule has 0 saturated heterocycles. The van der Waals surface area contributed by atoms with Gasteiger partial charge in [0, 0.05) is 22.7 Å². The molecule has 3 nitrogen and oxygen atoms in total. The summed E-state index contributed by atoms with van der Waals surface area (Å²) in [6, 6.07) is 0. The first-order chi connectivity index (χ1) is 8.16. The SMILES string of the molecule is Cc1nc(CSC2CCCC2)ncc1[C@@H](C)O. The minimum atomic E-state index is -0.480. The van der Waals surface area contributed by atoms with E-state index in [1.165, 1.54) is 25.7 Å². The van der Waals surface area contributed by atoms with E-state index >= 15 is 0 Å². The van der Waals surface area contributed by atoms with Crippen molar-refractivity contribution in [2.24, 2.45) is 0 Å². The number of thioether (sulfide) groups is 1. The lowest BCUT2D eigenvalue weighted by Gasteiger charge is -2.10. The predicted molar refractivity (Wildman–Crippen MR) is 71.0 cm³/mol. The van der Waals surface area contributed by atoms with Crippen LogP contribution in [0.5, 0.6) is 0 Å². The van der Waals surface area contributed by atoms with Crippen LogP contribution in [0.1, 0.15) is 55.8 Å². The van der Waals surface area contributed by atoms with Gasteiger partial charge in [-0.3, -0.25) is 0 Å². The van der Waals surface area contributed by atoms with Crippen molar-refractivity contribution in [2.45, 2.75) is 56.6 Å². The minimum absolute atomic E-state index is 0.480. The van der Waals surface area contributed by atoms with Gasteiger partial charge in [-0.05, 0) is 26.7 Å². The van der Waals surface area contributed by atoms with Crippen molar-refractivity contribution in [3.8, 4) is 0 Å². The number of rotatable bonds is 4. The zero-order valence-electron chi connectivity index (χ0n) is 10.5. The molecular weight excluding hydrogens is 232 g/mol. The number of aryl methyl sites for hydroxylation is 1. The maximum Gasteiger partial charge on any atom is 0.138 e. The van der Waals surface area contributed by atoms with Crippen molar-refractivity contribution in [1.29, 1.82) is 0 Å². The molecule has 17 heavy (non-hydrogen) atoms. The van der Waals surface area contributed by atoms with Crippen LogP contribution in [0, 0.1) is 6.92 Å². The normalized spacial score (nSPS) is 18.5. The fraction of sp³-hybridized carbons (Fsp3) is 0.692. The van der Waals surface area contributed by atoms with Gasteiger partial charge in [0.25, 0.3) is 0 Å². The van der Waals surface area contributed by atoms with E-state index in [1.807, 2.05) is 18.7 Å². The summed E-state index contributed by atoms with van der Waals surface area (Å²) in [5, 5.41) is 10.3. The van der Waals surface area contributed by atoms with Gasteiger partial charge in [0.1, 0.15) is 5.82 Å². The second-order valence-corrected chi connectivity index (χ2v) is 6.01. The number of aromatic nitrogens is 2. The van der Waals surface area contributed by atoms with E-state index in [-0.39, 0.29) is 0 Å². The Morgan fingerprint density at radius 1 is 1.47 bits per heavy atom. The fourth-order valence-electron chi connectivity index (χ4n) is 2.25. The van der Waals surface area contributed by atoms with Crippen molar-refractivity contribution in [1.82, 2.24) is 9.97 Å². The van der Waals surface area contributed by atoms with Gasteiger partial charge < -0.3 is 5.11 Å². The van der Waals surface area contributed by atoms with Gasteiger partial charge in [-0.1, -0.05) is 12.8 Å². The lowest BCUT2D eigenvalue weighted by Crippen LogP contribution is -2.04. The summed E-state index contributed by atoms with van der Waals surface area (Å²) >= 11 is 1.97. The summed E-state index contributed by atoms with van der Waals surface area (Å²) in [6.07, 6.45) is 6.71. The molecule has 1 atom stereocenters. The number of hydrogen-bond acceptors (Lipinski definition) is 4. The minimum Gasteiger partial charge on any atom is -0.389 e. The molecule has 1 aromatic rings. The number of nitrogens with zero attached hydrogens (tertiary/aromatic N) is 2. The Labute approximate surface area is 107 Å². The summed E-state index contributed by atoms with van der Waals surface area (Å²) < 4.78 is 0. The van der Waals surface area contributed by atoms with E-state index in [0.717, 1.165) is 28.1 Å². The molecule has 94 valence electrons. The molecule has 1 aromatic heterocycles. The molecule has 0 spiro atoms. The van der Waals surface area contributed by atoms with Crippen LogP contribution >= 0.6 is 11.8 Å². The second kappa shape index (κ2) is 5.83. The Bertz CT molecular complexity index is 376. The molecule has 1 fully saturated rings. The first-order valence-corrected chi connectivity index (χ1v) is 7.34. The third-order valence-electron chi connectivity index (χ3n) is 3.27. The van der Waals surface area contributed by atoms with Crippen LogP contribution in [0.3, 0.4) is 0 Å². The quantitative estimate of drug-likeness (QED) is 0.894. The van der Waals surface area contributed by atoms with Crippen LogP contribution in [0.2, 0.25) is 0 Å². The summed E-state index contributed by atoms with van der Waals surface area (Å²) in [7, 11) is 0. The Hall–Kier alpha value is -0.610. The van der Waals surface area contributed by atoms with E-state index in [0.29, 0.717) is 0 Å². The van der Waals surface area contributed by atoms with E-state index in [4.69, 9.17) is 0 Å². The summed E-state index contributed by atoms with van der Waals surface area (Å²) in [6.45, 7) is 3.69. The van der Waals surface area contributed by atoms with Crippen molar-refractivity contribution in [3.05, 3.63) is 23.3 Å². The number of aliphatic hydroxyl groups is 1. The molecule has 1 aliphatic carbocycles. The maximum absolute atomic E-state index is 9.51. The zero-order chi connectivity index (χ0) is 12.3. The van der Waals surface area contributed by atoms with Crippen LogP contribution in [-0.4, -0.2) is 20.3 Å². The molecule has 0 aromatic carbocycles. The van der Waals surface area contributed by atoms with Crippen molar-refractivity contribution >= 4 is 11.8 Å². The summed E-state index contributed by atoms with van der Waals surface area (Å²) in [4.78, 5) is 8.79. The molecule has 0 amide bonds. The van der Waals surface area contributed by atoms with Crippen LogP contribution in [0.25, 0.3) is 0 Å². The van der Waals surface area contributed by atoms with Crippen molar-refractivity contribution in [3.63, 3.8) is 0 Å². The Morgan fingerprint density at radius 3 is 2.76 bits per heavy atom. The van der Waals surface area contributed by atoms with Crippen LogP contribution in [0.15, 0.2) is 6.20 Å². The average Bonchev–Trinajstić information content (AvgIpc) is 2.78. The van der Waals surface area contributed by atoms with Gasteiger partial charge in [-0.25, -0.2) is 9.97 Å². The lowest BCUT2D eigenvalue weighted by atomic mass is 10.1. The smallest absolute Gasteiger partial charge is 0.138 e. The molecule has 0 unspecified atom stereocenters. The van der Waals surface area contributed by atoms with Gasteiger partial charge in [-0.2, -0.15) is 11.8 Å². The summed E-state index contributed by atoms with van der Waals surface area (Å²) in [5.41, 5.74) is 1.73. The monoisotopic (exact) mass is 252 g/mol. The second-order valence-electron chi connectivity index (χ2n) is 4.72. The average molecular weight is 252 g/mol. The Balaban J connectivity index is 1.94. The van der Waals surface area contributed by atoms with Gasteiger partial charge in [-0.15, -0.1) is 0 Å². The standard InChI is InChI=1S/C13H20N2OS/c1-9-12(10(2)16)7-14-13(15-9)8-17-11-5-3-4-6-11/h7,10-11,16H,3-6,8H2,1-2H3/t10-/m1/s1. The number of aliphatic hydroxyl groups excluding tert-OH is 1. The lowest BCUT2D eigenvalue weighted by molar-refractivity contribution is 0.197. The third-order valence-corrected chi connectivity index (χ3v) is 4.64. The van der Waals surface area contributed by atoms with E-state index in [2.05, 4.69) is 9.97 Å². The predicted octanol–water partition coefficient (Wildman–Crippen LogP) is 3.01.